The highest BCUT2D eigenvalue weighted by Gasteiger charge is 2.19. The molecule has 122 valence electrons. The Balaban J connectivity index is 2.44. The van der Waals surface area contributed by atoms with Crippen molar-refractivity contribution in [2.75, 3.05) is 20.2 Å². The second-order valence-electron chi connectivity index (χ2n) is 5.67. The van der Waals surface area contributed by atoms with Gasteiger partial charge in [-0.2, -0.15) is 0 Å². The third-order valence-electron chi connectivity index (χ3n) is 2.52. The zero-order chi connectivity index (χ0) is 16.9. The summed E-state index contributed by atoms with van der Waals surface area (Å²) in [4.78, 5) is 24.6. The molecule has 0 saturated carbocycles. The van der Waals surface area contributed by atoms with Crippen molar-refractivity contribution in [2.45, 2.75) is 26.4 Å². The molecule has 0 spiro atoms. The smallest absolute Gasteiger partial charge is 0.410 e. The fourth-order valence-electron chi connectivity index (χ4n) is 1.41. The Kier molecular flexibility index (Phi) is 5.84. The van der Waals surface area contributed by atoms with Crippen molar-refractivity contribution in [1.82, 2.24) is 4.90 Å². The van der Waals surface area contributed by atoms with Crippen LogP contribution in [0.5, 0.6) is 0 Å². The lowest BCUT2D eigenvalue weighted by Gasteiger charge is -2.24. The van der Waals surface area contributed by atoms with E-state index < -0.39 is 29.3 Å². The molecule has 22 heavy (non-hydrogen) atoms. The van der Waals surface area contributed by atoms with Crippen molar-refractivity contribution in [2.24, 2.45) is 0 Å². The van der Waals surface area contributed by atoms with Crippen LogP contribution in [0, 0.1) is 11.6 Å². The normalized spacial score (nSPS) is 11.0. The summed E-state index contributed by atoms with van der Waals surface area (Å²) in [6.07, 6.45) is -0.545. The predicted octanol–water partition coefficient (Wildman–Crippen LogP) is 2.99. The quantitative estimate of drug-likeness (QED) is 0.802. The molecule has 0 atom stereocenters. The molecule has 5 nitrogen and oxygen atoms in total. The van der Waals surface area contributed by atoms with Gasteiger partial charge in [0.25, 0.3) is 0 Å². The van der Waals surface area contributed by atoms with Crippen molar-refractivity contribution in [3.8, 4) is 0 Å². The molecular formula is C15H19F2NO4. The first-order chi connectivity index (χ1) is 10.1. The summed E-state index contributed by atoms with van der Waals surface area (Å²) in [7, 11) is 1.50. The van der Waals surface area contributed by atoms with Gasteiger partial charge in [0.05, 0.1) is 12.1 Å². The number of hydrogen-bond acceptors (Lipinski definition) is 4. The Morgan fingerprint density at radius 2 is 1.82 bits per heavy atom. The molecule has 0 bridgehead atoms. The highest BCUT2D eigenvalue weighted by Crippen LogP contribution is 2.11. The van der Waals surface area contributed by atoms with Gasteiger partial charge in [0.1, 0.15) is 12.2 Å². The summed E-state index contributed by atoms with van der Waals surface area (Å²) < 4.78 is 35.8. The summed E-state index contributed by atoms with van der Waals surface area (Å²) in [5, 5.41) is 0. The zero-order valence-corrected chi connectivity index (χ0v) is 13.0. The standard InChI is InChI=1S/C15H19F2NO4/c1-15(2,3)22-14(20)18(4)7-8-21-13(19)10-5-6-11(16)12(17)9-10/h5-6,9H,7-8H2,1-4H3. The predicted molar refractivity (Wildman–Crippen MR) is 75.5 cm³/mol. The number of amides is 1. The number of halogens is 2. The van der Waals surface area contributed by atoms with E-state index in [1.165, 1.54) is 11.9 Å². The number of carbonyl (C=O) groups excluding carboxylic acids is 2. The Hall–Kier alpha value is -2.18. The van der Waals surface area contributed by atoms with Gasteiger partial charge in [0.15, 0.2) is 11.6 Å². The minimum absolute atomic E-state index is 0.0897. The van der Waals surface area contributed by atoms with Gasteiger partial charge in [0, 0.05) is 7.05 Å². The summed E-state index contributed by atoms with van der Waals surface area (Å²) in [6, 6.07) is 2.73. The van der Waals surface area contributed by atoms with E-state index in [1.807, 2.05) is 0 Å². The van der Waals surface area contributed by atoms with Crippen LogP contribution < -0.4 is 0 Å². The molecule has 1 amide bonds. The monoisotopic (exact) mass is 315 g/mol. The third-order valence-corrected chi connectivity index (χ3v) is 2.52. The first kappa shape index (κ1) is 17.9. The maximum absolute atomic E-state index is 13.0. The fraction of sp³-hybridized carbons (Fsp3) is 0.467. The molecule has 0 saturated heterocycles. The zero-order valence-electron chi connectivity index (χ0n) is 13.0. The van der Waals surface area contributed by atoms with Crippen molar-refractivity contribution >= 4 is 12.1 Å². The molecule has 0 unspecified atom stereocenters. The molecular weight excluding hydrogens is 296 g/mol. The summed E-state index contributed by atoms with van der Waals surface area (Å²) >= 11 is 0. The van der Waals surface area contributed by atoms with Crippen molar-refractivity contribution < 1.29 is 27.8 Å². The Labute approximate surface area is 127 Å². The van der Waals surface area contributed by atoms with Crippen LogP contribution in [0.15, 0.2) is 18.2 Å². The maximum atomic E-state index is 13.0. The van der Waals surface area contributed by atoms with Crippen LogP contribution in [-0.4, -0.2) is 42.8 Å². The van der Waals surface area contributed by atoms with E-state index in [4.69, 9.17) is 9.47 Å². The number of carbonyl (C=O) groups is 2. The maximum Gasteiger partial charge on any atom is 0.410 e. The second kappa shape index (κ2) is 7.20. The lowest BCUT2D eigenvalue weighted by Crippen LogP contribution is -2.36. The summed E-state index contributed by atoms with van der Waals surface area (Å²) in [6.45, 7) is 5.24. The average Bonchev–Trinajstić information content (AvgIpc) is 2.39. The van der Waals surface area contributed by atoms with E-state index >= 15 is 0 Å². The van der Waals surface area contributed by atoms with E-state index in [-0.39, 0.29) is 18.7 Å². The molecule has 0 N–H and O–H groups in total. The molecule has 1 aromatic rings. The molecule has 7 heteroatoms. The van der Waals surface area contributed by atoms with Gasteiger partial charge in [0.2, 0.25) is 0 Å². The van der Waals surface area contributed by atoms with E-state index in [1.54, 1.807) is 20.8 Å². The van der Waals surface area contributed by atoms with Gasteiger partial charge in [-0.15, -0.1) is 0 Å². The van der Waals surface area contributed by atoms with Crippen LogP contribution in [0.1, 0.15) is 31.1 Å². The summed E-state index contributed by atoms with van der Waals surface area (Å²) in [5.74, 6) is -2.96. The number of ether oxygens (including phenoxy) is 2. The average molecular weight is 315 g/mol. The molecule has 0 aliphatic heterocycles. The van der Waals surface area contributed by atoms with Crippen LogP contribution in [-0.2, 0) is 9.47 Å². The Bertz CT molecular complexity index is 555. The molecule has 1 aromatic carbocycles. The van der Waals surface area contributed by atoms with Crippen molar-refractivity contribution in [3.05, 3.63) is 35.4 Å². The van der Waals surface area contributed by atoms with Crippen LogP contribution in [0.3, 0.4) is 0 Å². The number of benzene rings is 1. The number of esters is 1. The largest absolute Gasteiger partial charge is 0.460 e. The molecule has 0 fully saturated rings. The van der Waals surface area contributed by atoms with Gasteiger partial charge < -0.3 is 14.4 Å². The molecule has 0 radical (unpaired) electrons. The minimum Gasteiger partial charge on any atom is -0.460 e. The minimum atomic E-state index is -1.12. The second-order valence-corrected chi connectivity index (χ2v) is 5.67. The van der Waals surface area contributed by atoms with Crippen LogP contribution in [0.4, 0.5) is 13.6 Å². The lowest BCUT2D eigenvalue weighted by molar-refractivity contribution is 0.0217. The molecule has 0 aliphatic rings. The van der Waals surface area contributed by atoms with E-state index in [0.717, 1.165) is 18.2 Å². The van der Waals surface area contributed by atoms with Gasteiger partial charge >= 0.3 is 12.1 Å². The molecule has 0 aliphatic carbocycles. The van der Waals surface area contributed by atoms with Crippen molar-refractivity contribution in [3.63, 3.8) is 0 Å². The number of likely N-dealkylation sites (N-methyl/N-ethyl adjacent to an activating group) is 1. The van der Waals surface area contributed by atoms with Crippen molar-refractivity contribution in [1.29, 1.82) is 0 Å². The Morgan fingerprint density at radius 1 is 1.18 bits per heavy atom. The third kappa shape index (κ3) is 5.67. The van der Waals surface area contributed by atoms with Crippen LogP contribution in [0.2, 0.25) is 0 Å². The molecule has 0 heterocycles. The fourth-order valence-corrected chi connectivity index (χ4v) is 1.41. The van der Waals surface area contributed by atoms with Crippen LogP contribution >= 0.6 is 0 Å². The van der Waals surface area contributed by atoms with Gasteiger partial charge in [-0.1, -0.05) is 0 Å². The summed E-state index contributed by atoms with van der Waals surface area (Å²) in [5.41, 5.74) is -0.716. The van der Waals surface area contributed by atoms with Gasteiger partial charge in [-0.05, 0) is 39.0 Å². The van der Waals surface area contributed by atoms with Crippen LogP contribution in [0.25, 0.3) is 0 Å². The van der Waals surface area contributed by atoms with Gasteiger partial charge in [-0.3, -0.25) is 0 Å². The molecule has 0 aromatic heterocycles. The van der Waals surface area contributed by atoms with E-state index in [2.05, 4.69) is 0 Å². The first-order valence-corrected chi connectivity index (χ1v) is 6.66. The number of nitrogens with zero attached hydrogens (tertiary/aromatic N) is 1. The Morgan fingerprint density at radius 3 is 2.36 bits per heavy atom. The highest BCUT2D eigenvalue weighted by atomic mass is 19.2. The van der Waals surface area contributed by atoms with Gasteiger partial charge in [-0.25, -0.2) is 18.4 Å². The van der Waals surface area contributed by atoms with E-state index in [0.29, 0.717) is 0 Å². The lowest BCUT2D eigenvalue weighted by atomic mass is 10.2. The number of hydrogen-bond donors (Lipinski definition) is 0. The number of rotatable bonds is 4. The SMILES string of the molecule is CN(CCOC(=O)c1ccc(F)c(F)c1)C(=O)OC(C)(C)C. The van der Waals surface area contributed by atoms with E-state index in [9.17, 15) is 18.4 Å². The highest BCUT2D eigenvalue weighted by molar-refractivity contribution is 5.89. The molecule has 1 rings (SSSR count). The first-order valence-electron chi connectivity index (χ1n) is 6.66. The topological polar surface area (TPSA) is 55.8 Å².